The molecule has 0 aliphatic carbocycles. The average molecular weight is 247 g/mol. The van der Waals surface area contributed by atoms with Gasteiger partial charge in [-0.1, -0.05) is 52.9 Å². The average Bonchev–Trinajstić information content (AvgIpc) is 2.28. The Bertz CT molecular complexity index is 166. The maximum Gasteiger partial charge on any atom is 0.320 e. The first-order valence-electron chi connectivity index (χ1n) is 6.56. The summed E-state index contributed by atoms with van der Waals surface area (Å²) < 4.78 is 0. The van der Waals surface area contributed by atoms with E-state index in [1.165, 1.54) is 32.1 Å². The first-order valence-corrected chi connectivity index (χ1v) is 6.56. The summed E-state index contributed by atoms with van der Waals surface area (Å²) in [7, 11) is 0. The van der Waals surface area contributed by atoms with E-state index in [-0.39, 0.29) is 5.92 Å². The molecule has 0 saturated carbocycles. The van der Waals surface area contributed by atoms with Crippen LogP contribution >= 0.6 is 0 Å². The van der Waals surface area contributed by atoms with Gasteiger partial charge in [0.05, 0.1) is 0 Å². The molecule has 1 atom stereocenters. The standard InChI is InChI=1S/C8H18O.C5H11NO2/c1-2-3-4-5-6-7-8-9;1-3(2)4(6)5(7)8/h9H,2-8H2,1H3;3-4H,6H2,1-2H3,(H,7,8)/t;4-/m.0/s1. The van der Waals surface area contributed by atoms with Crippen LogP contribution < -0.4 is 5.73 Å². The topological polar surface area (TPSA) is 83.6 Å². The van der Waals surface area contributed by atoms with Crippen LogP contribution in [0.1, 0.15) is 59.3 Å². The van der Waals surface area contributed by atoms with Crippen molar-refractivity contribution in [2.45, 2.75) is 65.3 Å². The molecule has 0 aromatic heterocycles. The second kappa shape index (κ2) is 13.5. The highest BCUT2D eigenvalue weighted by atomic mass is 16.4. The Morgan fingerprint density at radius 3 is 1.88 bits per heavy atom. The smallest absolute Gasteiger partial charge is 0.320 e. The van der Waals surface area contributed by atoms with E-state index in [4.69, 9.17) is 15.9 Å². The summed E-state index contributed by atoms with van der Waals surface area (Å²) in [4.78, 5) is 10.0. The van der Waals surface area contributed by atoms with E-state index in [0.29, 0.717) is 6.61 Å². The van der Waals surface area contributed by atoms with Crippen molar-refractivity contribution >= 4 is 5.97 Å². The van der Waals surface area contributed by atoms with Gasteiger partial charge in [-0.3, -0.25) is 4.79 Å². The molecule has 0 unspecified atom stereocenters. The summed E-state index contributed by atoms with van der Waals surface area (Å²) in [6, 6.07) is -0.713. The molecule has 0 radical (unpaired) electrons. The normalized spacial score (nSPS) is 11.9. The molecule has 4 N–H and O–H groups in total. The van der Waals surface area contributed by atoms with Crippen molar-refractivity contribution in [3.05, 3.63) is 0 Å². The number of unbranched alkanes of at least 4 members (excludes halogenated alkanes) is 5. The Labute approximate surface area is 105 Å². The van der Waals surface area contributed by atoms with E-state index < -0.39 is 12.0 Å². The van der Waals surface area contributed by atoms with Crippen LogP contribution in [0.5, 0.6) is 0 Å². The van der Waals surface area contributed by atoms with Crippen LogP contribution in [0.15, 0.2) is 0 Å². The summed E-state index contributed by atoms with van der Waals surface area (Å²) >= 11 is 0. The van der Waals surface area contributed by atoms with E-state index >= 15 is 0 Å². The van der Waals surface area contributed by atoms with E-state index in [9.17, 15) is 4.79 Å². The third-order valence-electron chi connectivity index (χ3n) is 2.52. The zero-order chi connectivity index (χ0) is 13.7. The highest BCUT2D eigenvalue weighted by molar-refractivity contribution is 5.73. The molecule has 4 heteroatoms. The van der Waals surface area contributed by atoms with Gasteiger partial charge in [0.15, 0.2) is 0 Å². The number of rotatable bonds is 8. The highest BCUT2D eigenvalue weighted by Crippen LogP contribution is 2.03. The van der Waals surface area contributed by atoms with Crippen LogP contribution in [0.4, 0.5) is 0 Å². The molecule has 0 aromatic carbocycles. The summed E-state index contributed by atoms with van der Waals surface area (Å²) in [5.74, 6) is -0.910. The van der Waals surface area contributed by atoms with Crippen molar-refractivity contribution in [1.82, 2.24) is 0 Å². The zero-order valence-corrected chi connectivity index (χ0v) is 11.5. The molecular formula is C13H29NO3. The SMILES string of the molecule is CC(C)[C@H](N)C(=O)O.CCCCCCCCO. The number of aliphatic carboxylic acids is 1. The minimum atomic E-state index is -0.931. The number of nitrogens with two attached hydrogens (primary N) is 1. The summed E-state index contributed by atoms with van der Waals surface area (Å²) in [6.07, 6.45) is 7.50. The highest BCUT2D eigenvalue weighted by Gasteiger charge is 2.14. The van der Waals surface area contributed by atoms with E-state index in [2.05, 4.69) is 6.92 Å². The molecule has 17 heavy (non-hydrogen) atoms. The molecule has 0 fully saturated rings. The van der Waals surface area contributed by atoms with Crippen molar-refractivity contribution in [3.8, 4) is 0 Å². The largest absolute Gasteiger partial charge is 0.480 e. The van der Waals surface area contributed by atoms with Crippen LogP contribution in [0, 0.1) is 5.92 Å². The number of hydrogen-bond donors (Lipinski definition) is 3. The van der Waals surface area contributed by atoms with Crippen LogP contribution in [0.3, 0.4) is 0 Å². The number of aliphatic hydroxyl groups is 1. The van der Waals surface area contributed by atoms with Crippen molar-refractivity contribution in [3.63, 3.8) is 0 Å². The van der Waals surface area contributed by atoms with E-state index in [0.717, 1.165) is 6.42 Å². The van der Waals surface area contributed by atoms with Gasteiger partial charge in [0.1, 0.15) is 6.04 Å². The molecule has 104 valence electrons. The third kappa shape index (κ3) is 15.4. The molecule has 0 aliphatic heterocycles. The molecule has 4 nitrogen and oxygen atoms in total. The Morgan fingerprint density at radius 1 is 1.12 bits per heavy atom. The molecule has 0 bridgehead atoms. The van der Waals surface area contributed by atoms with Crippen LogP contribution in [-0.2, 0) is 4.79 Å². The van der Waals surface area contributed by atoms with Gasteiger partial charge in [0.2, 0.25) is 0 Å². The third-order valence-corrected chi connectivity index (χ3v) is 2.52. The van der Waals surface area contributed by atoms with Gasteiger partial charge < -0.3 is 15.9 Å². The molecular weight excluding hydrogens is 218 g/mol. The summed E-state index contributed by atoms with van der Waals surface area (Å²) in [6.45, 7) is 6.13. The molecule has 0 amide bonds. The van der Waals surface area contributed by atoms with Gasteiger partial charge in [-0.2, -0.15) is 0 Å². The quantitative estimate of drug-likeness (QED) is 0.575. The maximum atomic E-state index is 10.0. The number of carboxylic acid groups (broad SMARTS) is 1. The Balaban J connectivity index is 0. The zero-order valence-electron chi connectivity index (χ0n) is 11.5. The predicted octanol–water partition coefficient (Wildman–Crippen LogP) is 2.39. The fourth-order valence-corrected chi connectivity index (χ4v) is 1.18. The van der Waals surface area contributed by atoms with E-state index in [1.807, 2.05) is 0 Å². The maximum absolute atomic E-state index is 10.0. The Hall–Kier alpha value is -0.610. The van der Waals surface area contributed by atoms with Gasteiger partial charge in [-0.15, -0.1) is 0 Å². The van der Waals surface area contributed by atoms with Crippen molar-refractivity contribution in [2.75, 3.05) is 6.61 Å². The number of aliphatic hydroxyl groups excluding tert-OH is 1. The Morgan fingerprint density at radius 2 is 1.59 bits per heavy atom. The fraction of sp³-hybridized carbons (Fsp3) is 0.923. The first-order chi connectivity index (χ1) is 7.97. The first kappa shape index (κ1) is 18.7. The monoisotopic (exact) mass is 247 g/mol. The lowest BCUT2D eigenvalue weighted by Gasteiger charge is -2.07. The lowest BCUT2D eigenvalue weighted by atomic mass is 10.1. The van der Waals surface area contributed by atoms with Crippen LogP contribution in [-0.4, -0.2) is 28.8 Å². The van der Waals surface area contributed by atoms with Gasteiger partial charge in [-0.25, -0.2) is 0 Å². The molecule has 0 spiro atoms. The van der Waals surface area contributed by atoms with Gasteiger partial charge in [0, 0.05) is 6.61 Å². The second-order valence-electron chi connectivity index (χ2n) is 4.60. The molecule has 0 aromatic rings. The van der Waals surface area contributed by atoms with E-state index in [1.54, 1.807) is 13.8 Å². The van der Waals surface area contributed by atoms with Gasteiger partial charge >= 0.3 is 5.97 Å². The number of carbonyl (C=O) groups is 1. The van der Waals surface area contributed by atoms with Gasteiger partial charge in [0.25, 0.3) is 0 Å². The minimum Gasteiger partial charge on any atom is -0.480 e. The molecule has 0 aliphatic rings. The molecule has 0 heterocycles. The van der Waals surface area contributed by atoms with Crippen molar-refractivity contribution < 1.29 is 15.0 Å². The van der Waals surface area contributed by atoms with Crippen LogP contribution in [0.25, 0.3) is 0 Å². The lowest BCUT2D eigenvalue weighted by Crippen LogP contribution is -2.34. The minimum absolute atomic E-state index is 0.0208. The predicted molar refractivity (Wildman–Crippen MR) is 70.9 cm³/mol. The van der Waals surface area contributed by atoms with Crippen molar-refractivity contribution in [2.24, 2.45) is 11.7 Å². The fourth-order valence-electron chi connectivity index (χ4n) is 1.18. The molecule has 0 saturated heterocycles. The second-order valence-corrected chi connectivity index (χ2v) is 4.60. The van der Waals surface area contributed by atoms with Gasteiger partial charge in [-0.05, 0) is 12.3 Å². The number of carboxylic acids is 1. The summed E-state index contributed by atoms with van der Waals surface area (Å²) in [5, 5.41) is 16.7. The number of hydrogen-bond acceptors (Lipinski definition) is 3. The molecule has 0 rings (SSSR count). The van der Waals surface area contributed by atoms with Crippen molar-refractivity contribution in [1.29, 1.82) is 0 Å². The Kier molecular flexibility index (Phi) is 14.8. The lowest BCUT2D eigenvalue weighted by molar-refractivity contribution is -0.139. The summed E-state index contributed by atoms with van der Waals surface area (Å²) in [5.41, 5.74) is 5.16. The van der Waals surface area contributed by atoms with Crippen LogP contribution in [0.2, 0.25) is 0 Å².